The summed E-state index contributed by atoms with van der Waals surface area (Å²) in [5.74, 6) is 1.88. The molecule has 0 aliphatic rings. The molecule has 0 fully saturated rings. The summed E-state index contributed by atoms with van der Waals surface area (Å²) < 4.78 is 4.99. The van der Waals surface area contributed by atoms with Crippen molar-refractivity contribution in [2.75, 3.05) is 0 Å². The zero-order valence-corrected chi connectivity index (χ0v) is 7.58. The average molecular weight is 169 g/mol. The van der Waals surface area contributed by atoms with Crippen LogP contribution in [-0.2, 0) is 13.0 Å². The third-order valence-electron chi connectivity index (χ3n) is 1.91. The molecule has 12 heavy (non-hydrogen) atoms. The summed E-state index contributed by atoms with van der Waals surface area (Å²) in [6.45, 7) is 4.65. The molecule has 4 heteroatoms. The molecular formula is C8H15N3O. The number of nitrogens with zero attached hydrogens (tertiary/aromatic N) is 2. The molecule has 0 bridgehead atoms. The molecule has 0 spiro atoms. The standard InChI is InChI=1S/C8H15N3O/c1-3-6(2)4-8-10-7(5-9)11-12-8/h6H,3-5,9H2,1-2H3. The lowest BCUT2D eigenvalue weighted by molar-refractivity contribution is 0.352. The van der Waals surface area contributed by atoms with Crippen LogP contribution in [0.3, 0.4) is 0 Å². The molecule has 1 atom stereocenters. The highest BCUT2D eigenvalue weighted by atomic mass is 16.5. The van der Waals surface area contributed by atoms with Gasteiger partial charge < -0.3 is 10.3 Å². The Kier molecular flexibility index (Phi) is 3.22. The Labute approximate surface area is 72.1 Å². The van der Waals surface area contributed by atoms with Gasteiger partial charge in [0.2, 0.25) is 5.89 Å². The fourth-order valence-electron chi connectivity index (χ4n) is 0.898. The van der Waals surface area contributed by atoms with E-state index < -0.39 is 0 Å². The van der Waals surface area contributed by atoms with E-state index in [1.165, 1.54) is 0 Å². The summed E-state index contributed by atoms with van der Waals surface area (Å²) in [4.78, 5) is 4.11. The Hall–Kier alpha value is -0.900. The van der Waals surface area contributed by atoms with Gasteiger partial charge in [-0.2, -0.15) is 4.98 Å². The summed E-state index contributed by atoms with van der Waals surface area (Å²) >= 11 is 0. The first kappa shape index (κ1) is 9.19. The van der Waals surface area contributed by atoms with Crippen LogP contribution in [0.15, 0.2) is 4.52 Å². The fraction of sp³-hybridized carbons (Fsp3) is 0.750. The second kappa shape index (κ2) is 4.21. The summed E-state index contributed by atoms with van der Waals surface area (Å²) in [7, 11) is 0. The van der Waals surface area contributed by atoms with Gasteiger partial charge in [-0.05, 0) is 5.92 Å². The van der Waals surface area contributed by atoms with Gasteiger partial charge in [0, 0.05) is 6.42 Å². The second-order valence-corrected chi connectivity index (χ2v) is 3.03. The Morgan fingerprint density at radius 3 is 2.83 bits per heavy atom. The first-order valence-corrected chi connectivity index (χ1v) is 4.27. The minimum atomic E-state index is 0.351. The summed E-state index contributed by atoms with van der Waals surface area (Å²) in [5, 5.41) is 3.71. The molecule has 2 N–H and O–H groups in total. The SMILES string of the molecule is CCC(C)Cc1nc(CN)no1. The van der Waals surface area contributed by atoms with Gasteiger partial charge in [-0.25, -0.2) is 0 Å². The van der Waals surface area contributed by atoms with Crippen molar-refractivity contribution in [3.05, 3.63) is 11.7 Å². The van der Waals surface area contributed by atoms with Crippen molar-refractivity contribution in [2.45, 2.75) is 33.2 Å². The molecule has 1 heterocycles. The Morgan fingerprint density at radius 1 is 1.58 bits per heavy atom. The highest BCUT2D eigenvalue weighted by Gasteiger charge is 2.07. The minimum absolute atomic E-state index is 0.351. The predicted molar refractivity (Wildman–Crippen MR) is 45.3 cm³/mol. The number of hydrogen-bond acceptors (Lipinski definition) is 4. The lowest BCUT2D eigenvalue weighted by Crippen LogP contribution is -2.00. The van der Waals surface area contributed by atoms with Crippen molar-refractivity contribution in [1.82, 2.24) is 10.1 Å². The van der Waals surface area contributed by atoms with Crippen molar-refractivity contribution >= 4 is 0 Å². The third kappa shape index (κ3) is 2.30. The highest BCUT2D eigenvalue weighted by molar-refractivity contribution is 4.86. The van der Waals surface area contributed by atoms with Gasteiger partial charge in [0.15, 0.2) is 5.82 Å². The van der Waals surface area contributed by atoms with E-state index in [4.69, 9.17) is 10.3 Å². The molecular weight excluding hydrogens is 154 g/mol. The minimum Gasteiger partial charge on any atom is -0.339 e. The first-order valence-electron chi connectivity index (χ1n) is 4.27. The Bertz CT molecular complexity index is 234. The normalized spacial score (nSPS) is 13.2. The predicted octanol–water partition coefficient (Wildman–Crippen LogP) is 1.12. The zero-order chi connectivity index (χ0) is 8.97. The molecule has 0 saturated carbocycles. The molecule has 1 unspecified atom stereocenters. The van der Waals surface area contributed by atoms with Crippen molar-refractivity contribution < 1.29 is 4.52 Å². The number of hydrogen-bond donors (Lipinski definition) is 1. The van der Waals surface area contributed by atoms with Gasteiger partial charge in [0.25, 0.3) is 0 Å². The lowest BCUT2D eigenvalue weighted by atomic mass is 10.1. The molecule has 68 valence electrons. The monoisotopic (exact) mass is 169 g/mol. The van der Waals surface area contributed by atoms with Gasteiger partial charge in [0.1, 0.15) is 0 Å². The van der Waals surface area contributed by atoms with Crippen LogP contribution in [0.5, 0.6) is 0 Å². The maximum absolute atomic E-state index is 5.34. The van der Waals surface area contributed by atoms with E-state index in [1.807, 2.05) is 0 Å². The van der Waals surface area contributed by atoms with Crippen LogP contribution in [-0.4, -0.2) is 10.1 Å². The fourth-order valence-corrected chi connectivity index (χ4v) is 0.898. The van der Waals surface area contributed by atoms with E-state index in [-0.39, 0.29) is 0 Å². The summed E-state index contributed by atoms with van der Waals surface area (Å²) in [6.07, 6.45) is 1.98. The third-order valence-corrected chi connectivity index (χ3v) is 1.91. The molecule has 1 aromatic rings. The number of aromatic nitrogens is 2. The highest BCUT2D eigenvalue weighted by Crippen LogP contribution is 2.08. The van der Waals surface area contributed by atoms with Gasteiger partial charge >= 0.3 is 0 Å². The zero-order valence-electron chi connectivity index (χ0n) is 7.58. The van der Waals surface area contributed by atoms with E-state index in [9.17, 15) is 0 Å². The molecule has 0 aliphatic carbocycles. The van der Waals surface area contributed by atoms with Crippen LogP contribution in [0.4, 0.5) is 0 Å². The van der Waals surface area contributed by atoms with E-state index in [2.05, 4.69) is 24.0 Å². The molecule has 1 rings (SSSR count). The van der Waals surface area contributed by atoms with E-state index >= 15 is 0 Å². The number of rotatable bonds is 4. The Balaban J connectivity index is 2.52. The van der Waals surface area contributed by atoms with E-state index in [1.54, 1.807) is 0 Å². The van der Waals surface area contributed by atoms with Crippen LogP contribution in [0.1, 0.15) is 32.0 Å². The van der Waals surface area contributed by atoms with Crippen LogP contribution in [0.25, 0.3) is 0 Å². The molecule has 0 aromatic carbocycles. The maximum atomic E-state index is 5.34. The summed E-state index contributed by atoms with van der Waals surface area (Å²) in [5.41, 5.74) is 5.34. The van der Waals surface area contributed by atoms with Crippen LogP contribution in [0, 0.1) is 5.92 Å². The smallest absolute Gasteiger partial charge is 0.226 e. The molecule has 0 saturated heterocycles. The van der Waals surface area contributed by atoms with Crippen LogP contribution >= 0.6 is 0 Å². The first-order chi connectivity index (χ1) is 5.76. The molecule has 1 aromatic heterocycles. The Morgan fingerprint density at radius 2 is 2.33 bits per heavy atom. The largest absolute Gasteiger partial charge is 0.339 e. The van der Waals surface area contributed by atoms with Gasteiger partial charge in [-0.1, -0.05) is 25.4 Å². The molecule has 4 nitrogen and oxygen atoms in total. The molecule has 0 amide bonds. The topological polar surface area (TPSA) is 64.9 Å². The van der Waals surface area contributed by atoms with Crippen molar-refractivity contribution in [3.8, 4) is 0 Å². The molecule has 0 radical (unpaired) electrons. The second-order valence-electron chi connectivity index (χ2n) is 3.03. The van der Waals surface area contributed by atoms with Gasteiger partial charge in [-0.3, -0.25) is 0 Å². The van der Waals surface area contributed by atoms with Crippen molar-refractivity contribution in [3.63, 3.8) is 0 Å². The quantitative estimate of drug-likeness (QED) is 0.733. The summed E-state index contributed by atoms with van der Waals surface area (Å²) in [6, 6.07) is 0. The maximum Gasteiger partial charge on any atom is 0.226 e. The average Bonchev–Trinajstić information content (AvgIpc) is 2.52. The van der Waals surface area contributed by atoms with E-state index in [0.717, 1.165) is 12.8 Å². The lowest BCUT2D eigenvalue weighted by Gasteiger charge is -2.01. The number of nitrogens with two attached hydrogens (primary N) is 1. The van der Waals surface area contributed by atoms with Crippen molar-refractivity contribution in [1.29, 1.82) is 0 Å². The van der Waals surface area contributed by atoms with Crippen LogP contribution in [0.2, 0.25) is 0 Å². The van der Waals surface area contributed by atoms with Gasteiger partial charge in [0.05, 0.1) is 6.54 Å². The van der Waals surface area contributed by atoms with Gasteiger partial charge in [-0.15, -0.1) is 0 Å². The van der Waals surface area contributed by atoms with Crippen molar-refractivity contribution in [2.24, 2.45) is 11.7 Å². The van der Waals surface area contributed by atoms with E-state index in [0.29, 0.717) is 24.2 Å². The molecule has 0 aliphatic heterocycles. The van der Waals surface area contributed by atoms with Crippen LogP contribution < -0.4 is 5.73 Å².